The van der Waals surface area contributed by atoms with Gasteiger partial charge < -0.3 is 15.0 Å². The predicted molar refractivity (Wildman–Crippen MR) is 143 cm³/mol. The summed E-state index contributed by atoms with van der Waals surface area (Å²) in [5.41, 5.74) is 6.70. The van der Waals surface area contributed by atoms with Gasteiger partial charge in [-0.1, -0.05) is 42.5 Å². The van der Waals surface area contributed by atoms with Gasteiger partial charge in [0.15, 0.2) is 0 Å². The number of aryl methyl sites for hydroxylation is 1. The van der Waals surface area contributed by atoms with Gasteiger partial charge >= 0.3 is 0 Å². The number of carbonyl (C=O) groups excluding carboxylic acids is 2. The summed E-state index contributed by atoms with van der Waals surface area (Å²) < 4.78 is 5.84. The van der Waals surface area contributed by atoms with Gasteiger partial charge in [-0.05, 0) is 66.3 Å². The maximum Gasteiger partial charge on any atom is 0.255 e. The van der Waals surface area contributed by atoms with Crippen molar-refractivity contribution in [2.24, 2.45) is 0 Å². The molecule has 3 aromatic carbocycles. The fourth-order valence-electron chi connectivity index (χ4n) is 5.23. The van der Waals surface area contributed by atoms with Crippen LogP contribution >= 0.6 is 0 Å². The van der Waals surface area contributed by atoms with Gasteiger partial charge in [-0.15, -0.1) is 0 Å². The summed E-state index contributed by atoms with van der Waals surface area (Å²) in [7, 11) is 1.79. The third kappa shape index (κ3) is 5.20. The second-order valence-electron chi connectivity index (χ2n) is 9.59. The van der Waals surface area contributed by atoms with Crippen molar-refractivity contribution in [3.8, 4) is 11.1 Å². The molecule has 1 atom stereocenters. The lowest BCUT2D eigenvalue weighted by Crippen LogP contribution is -2.31. The number of fused-ring (bicyclic) bond motifs is 1. The first kappa shape index (κ1) is 24.2. The number of amides is 2. The molecule has 0 radical (unpaired) electrons. The van der Waals surface area contributed by atoms with E-state index in [1.54, 1.807) is 11.9 Å². The SMILES string of the molecule is CCOC1CCN(Cc2cc(C(=O)Nc3ccc4c(c3)N(C)C(=O)CC4)ccc2-c2ccccc2)C1. The monoisotopic (exact) mass is 483 g/mol. The maximum absolute atomic E-state index is 13.3. The number of ether oxygens (including phenoxy) is 1. The number of anilines is 2. The van der Waals surface area contributed by atoms with Gasteiger partial charge in [0.25, 0.3) is 5.91 Å². The quantitative estimate of drug-likeness (QED) is 0.506. The van der Waals surface area contributed by atoms with Gasteiger partial charge in [0.2, 0.25) is 5.91 Å². The van der Waals surface area contributed by atoms with Gasteiger partial charge in [-0.25, -0.2) is 0 Å². The average molecular weight is 484 g/mol. The fraction of sp³-hybridized carbons (Fsp3) is 0.333. The highest BCUT2D eigenvalue weighted by atomic mass is 16.5. The third-order valence-corrected chi connectivity index (χ3v) is 7.16. The van der Waals surface area contributed by atoms with Gasteiger partial charge in [-0.3, -0.25) is 14.5 Å². The van der Waals surface area contributed by atoms with E-state index >= 15 is 0 Å². The Morgan fingerprint density at radius 2 is 1.89 bits per heavy atom. The Morgan fingerprint density at radius 3 is 2.69 bits per heavy atom. The summed E-state index contributed by atoms with van der Waals surface area (Å²) >= 11 is 0. The van der Waals surface area contributed by atoms with Crippen LogP contribution < -0.4 is 10.2 Å². The molecule has 2 heterocycles. The molecule has 1 saturated heterocycles. The van der Waals surface area contributed by atoms with E-state index in [0.29, 0.717) is 17.7 Å². The van der Waals surface area contributed by atoms with Gasteiger partial charge in [-0.2, -0.15) is 0 Å². The molecule has 1 unspecified atom stereocenters. The highest BCUT2D eigenvalue weighted by Gasteiger charge is 2.24. The summed E-state index contributed by atoms with van der Waals surface area (Å²) in [6, 6.07) is 22.1. The molecular weight excluding hydrogens is 450 g/mol. The fourth-order valence-corrected chi connectivity index (χ4v) is 5.23. The molecule has 1 N–H and O–H groups in total. The van der Waals surface area contributed by atoms with Gasteiger partial charge in [0.05, 0.1) is 6.10 Å². The minimum absolute atomic E-state index is 0.0978. The van der Waals surface area contributed by atoms with Crippen LogP contribution in [-0.4, -0.2) is 49.6 Å². The molecule has 0 bridgehead atoms. The maximum atomic E-state index is 13.3. The summed E-state index contributed by atoms with van der Waals surface area (Å²) in [6.07, 6.45) is 2.56. The molecule has 5 rings (SSSR count). The Bertz CT molecular complexity index is 1260. The lowest BCUT2D eigenvalue weighted by Gasteiger charge is -2.26. The van der Waals surface area contributed by atoms with Crippen LogP contribution in [0.2, 0.25) is 0 Å². The smallest absolute Gasteiger partial charge is 0.255 e. The molecular formula is C30H33N3O3. The van der Waals surface area contributed by atoms with Crippen molar-refractivity contribution in [3.63, 3.8) is 0 Å². The molecule has 1 fully saturated rings. The number of hydrogen-bond donors (Lipinski definition) is 1. The van der Waals surface area contributed by atoms with Gasteiger partial charge in [0.1, 0.15) is 0 Å². The van der Waals surface area contributed by atoms with E-state index in [9.17, 15) is 9.59 Å². The Balaban J connectivity index is 1.39. The van der Waals surface area contributed by atoms with E-state index < -0.39 is 0 Å². The van der Waals surface area contributed by atoms with Crippen molar-refractivity contribution in [2.45, 2.75) is 38.8 Å². The molecule has 2 aliphatic heterocycles. The topological polar surface area (TPSA) is 61.9 Å². The van der Waals surface area contributed by atoms with E-state index in [0.717, 1.165) is 67.0 Å². The van der Waals surface area contributed by atoms with E-state index in [4.69, 9.17) is 4.74 Å². The molecule has 2 aliphatic rings. The van der Waals surface area contributed by atoms with E-state index in [2.05, 4.69) is 28.4 Å². The first-order valence-electron chi connectivity index (χ1n) is 12.7. The third-order valence-electron chi connectivity index (χ3n) is 7.16. The molecule has 186 valence electrons. The molecule has 2 amide bonds. The predicted octanol–water partition coefficient (Wildman–Crippen LogP) is 5.13. The number of rotatable bonds is 7. The Labute approximate surface area is 212 Å². The minimum Gasteiger partial charge on any atom is -0.377 e. The number of likely N-dealkylation sites (tertiary alicyclic amines) is 1. The Kier molecular flexibility index (Phi) is 7.16. The summed E-state index contributed by atoms with van der Waals surface area (Å²) in [5.74, 6) is -0.0603. The molecule has 0 aliphatic carbocycles. The van der Waals surface area contributed by atoms with Crippen LogP contribution in [0, 0.1) is 0 Å². The molecule has 3 aromatic rings. The minimum atomic E-state index is -0.158. The number of nitrogens with one attached hydrogen (secondary N) is 1. The molecule has 0 aromatic heterocycles. The molecule has 36 heavy (non-hydrogen) atoms. The van der Waals surface area contributed by atoms with Crippen LogP contribution in [-0.2, 0) is 22.5 Å². The summed E-state index contributed by atoms with van der Waals surface area (Å²) in [5, 5.41) is 3.04. The van der Waals surface area contributed by atoms with E-state index in [1.165, 1.54) is 0 Å². The highest BCUT2D eigenvalue weighted by molar-refractivity contribution is 6.05. The summed E-state index contributed by atoms with van der Waals surface area (Å²) in [6.45, 7) is 5.42. The number of carbonyl (C=O) groups is 2. The van der Waals surface area contributed by atoms with Crippen LogP contribution in [0.5, 0.6) is 0 Å². The lowest BCUT2D eigenvalue weighted by atomic mass is 9.96. The molecule has 0 spiro atoms. The second kappa shape index (κ2) is 10.6. The van der Waals surface area contributed by atoms with Crippen molar-refractivity contribution in [1.29, 1.82) is 0 Å². The van der Waals surface area contributed by atoms with Crippen LogP contribution in [0.3, 0.4) is 0 Å². The Hall–Kier alpha value is -3.48. The number of nitrogens with zero attached hydrogens (tertiary/aromatic N) is 2. The van der Waals surface area contributed by atoms with Crippen LogP contribution in [0.15, 0.2) is 66.7 Å². The van der Waals surface area contributed by atoms with E-state index in [-0.39, 0.29) is 17.9 Å². The van der Waals surface area contributed by atoms with Crippen molar-refractivity contribution >= 4 is 23.2 Å². The second-order valence-corrected chi connectivity index (χ2v) is 9.59. The molecule has 6 nitrogen and oxygen atoms in total. The molecule has 6 heteroatoms. The van der Waals surface area contributed by atoms with Crippen LogP contribution in [0.25, 0.3) is 11.1 Å². The van der Waals surface area contributed by atoms with Crippen molar-refractivity contribution in [3.05, 3.63) is 83.4 Å². The number of benzene rings is 3. The van der Waals surface area contributed by atoms with Crippen LogP contribution in [0.4, 0.5) is 11.4 Å². The largest absolute Gasteiger partial charge is 0.377 e. The average Bonchev–Trinajstić information content (AvgIpc) is 3.34. The van der Waals surface area contributed by atoms with Crippen LogP contribution in [0.1, 0.15) is 41.3 Å². The van der Waals surface area contributed by atoms with E-state index in [1.807, 2.05) is 55.5 Å². The van der Waals surface area contributed by atoms with Crippen molar-refractivity contribution in [1.82, 2.24) is 4.90 Å². The zero-order valence-corrected chi connectivity index (χ0v) is 21.0. The zero-order chi connectivity index (χ0) is 25.1. The first-order valence-corrected chi connectivity index (χ1v) is 12.7. The van der Waals surface area contributed by atoms with Crippen molar-refractivity contribution in [2.75, 3.05) is 37.0 Å². The number of hydrogen-bond acceptors (Lipinski definition) is 4. The molecule has 0 saturated carbocycles. The lowest BCUT2D eigenvalue weighted by molar-refractivity contribution is -0.118. The standard InChI is InChI=1S/C30H33N3O3/c1-3-36-26-15-16-33(20-26)19-24-17-23(10-13-27(24)21-7-5-4-6-8-21)30(35)31-25-12-9-22-11-14-29(34)32(2)28(22)18-25/h4-10,12-13,17-18,26H,3,11,14-16,19-20H2,1-2H3,(H,31,35). The summed E-state index contributed by atoms with van der Waals surface area (Å²) in [4.78, 5) is 29.5. The normalized spacial score (nSPS) is 17.8. The highest BCUT2D eigenvalue weighted by Crippen LogP contribution is 2.31. The van der Waals surface area contributed by atoms with Gasteiger partial charge in [0, 0.05) is 56.6 Å². The van der Waals surface area contributed by atoms with Crippen molar-refractivity contribution < 1.29 is 14.3 Å². The zero-order valence-electron chi connectivity index (χ0n) is 21.0. The first-order chi connectivity index (χ1) is 17.5. The Morgan fingerprint density at radius 1 is 1.06 bits per heavy atom.